The molecular formula is C9H16ClF3. The minimum atomic E-state index is -3.48. The Hall–Kier alpha value is 0.0800. The van der Waals surface area contributed by atoms with E-state index in [1.165, 1.54) is 20.8 Å². The lowest BCUT2D eigenvalue weighted by Gasteiger charge is -2.34. The number of alkyl halides is 4. The van der Waals surface area contributed by atoms with Crippen LogP contribution in [0.5, 0.6) is 0 Å². The lowest BCUT2D eigenvalue weighted by Crippen LogP contribution is -2.47. The van der Waals surface area contributed by atoms with Crippen molar-refractivity contribution in [3.63, 3.8) is 0 Å². The second kappa shape index (κ2) is 4.07. The van der Waals surface area contributed by atoms with Crippen LogP contribution >= 0.6 is 11.6 Å². The zero-order valence-electron chi connectivity index (χ0n) is 8.37. The molecule has 0 aliphatic heterocycles. The summed E-state index contributed by atoms with van der Waals surface area (Å²) in [5.74, 6) is -5.43. The van der Waals surface area contributed by atoms with E-state index in [-0.39, 0.29) is 0 Å². The van der Waals surface area contributed by atoms with Crippen LogP contribution in [0, 0.1) is 11.8 Å². The molecule has 0 saturated heterocycles. The van der Waals surface area contributed by atoms with Gasteiger partial charge in [-0.1, -0.05) is 39.3 Å². The van der Waals surface area contributed by atoms with Gasteiger partial charge in [-0.15, -0.1) is 0 Å². The van der Waals surface area contributed by atoms with Gasteiger partial charge in [0.2, 0.25) is 5.13 Å². The fourth-order valence-corrected chi connectivity index (χ4v) is 1.34. The molecule has 0 rings (SSSR count). The van der Waals surface area contributed by atoms with E-state index >= 15 is 0 Å². The summed E-state index contributed by atoms with van der Waals surface area (Å²) in [6.45, 7) is 5.55. The van der Waals surface area contributed by atoms with E-state index in [1.54, 1.807) is 6.92 Å². The third-order valence-electron chi connectivity index (χ3n) is 2.40. The molecule has 4 heteroatoms. The molecule has 0 bridgehead atoms. The lowest BCUT2D eigenvalue weighted by atomic mass is 9.91. The molecule has 0 aromatic rings. The van der Waals surface area contributed by atoms with Crippen LogP contribution in [0.25, 0.3) is 0 Å². The van der Waals surface area contributed by atoms with Crippen molar-refractivity contribution in [1.82, 2.24) is 0 Å². The van der Waals surface area contributed by atoms with Crippen LogP contribution in [0.1, 0.15) is 34.1 Å². The van der Waals surface area contributed by atoms with Gasteiger partial charge in [-0.2, -0.15) is 0 Å². The van der Waals surface area contributed by atoms with Crippen LogP contribution in [0.15, 0.2) is 0 Å². The highest BCUT2D eigenvalue weighted by atomic mass is 35.5. The van der Waals surface area contributed by atoms with E-state index in [0.29, 0.717) is 6.42 Å². The van der Waals surface area contributed by atoms with Crippen LogP contribution in [-0.4, -0.2) is 11.1 Å². The Morgan fingerprint density at radius 1 is 1.15 bits per heavy atom. The van der Waals surface area contributed by atoms with Crippen LogP contribution in [-0.2, 0) is 0 Å². The number of halogens is 4. The first-order valence-corrected chi connectivity index (χ1v) is 4.81. The normalized spacial score (nSPS) is 20.1. The van der Waals surface area contributed by atoms with E-state index in [1.807, 2.05) is 0 Å². The molecule has 0 N–H and O–H groups in total. The molecule has 0 fully saturated rings. The zero-order chi connectivity index (χ0) is 10.9. The maximum absolute atomic E-state index is 13.5. The predicted molar refractivity (Wildman–Crippen MR) is 48.9 cm³/mol. The van der Waals surface area contributed by atoms with Gasteiger partial charge >= 0.3 is 0 Å². The number of hydrogen-bond donors (Lipinski definition) is 0. The molecule has 2 unspecified atom stereocenters. The summed E-state index contributed by atoms with van der Waals surface area (Å²) >= 11 is 5.26. The second-order valence-corrected chi connectivity index (χ2v) is 4.26. The Kier molecular flexibility index (Phi) is 4.10. The van der Waals surface area contributed by atoms with Gasteiger partial charge in [0.25, 0.3) is 5.92 Å². The Labute approximate surface area is 82.5 Å². The zero-order valence-corrected chi connectivity index (χ0v) is 9.13. The van der Waals surface area contributed by atoms with E-state index in [9.17, 15) is 13.2 Å². The van der Waals surface area contributed by atoms with Gasteiger partial charge in [0, 0.05) is 11.8 Å². The topological polar surface area (TPSA) is 0 Å². The quantitative estimate of drug-likeness (QED) is 0.617. The molecule has 0 nitrogen and oxygen atoms in total. The molecule has 13 heavy (non-hydrogen) atoms. The fourth-order valence-electron chi connectivity index (χ4n) is 0.970. The van der Waals surface area contributed by atoms with Gasteiger partial charge < -0.3 is 0 Å². The van der Waals surface area contributed by atoms with Crippen LogP contribution in [0.4, 0.5) is 13.2 Å². The molecule has 0 aromatic carbocycles. The van der Waals surface area contributed by atoms with E-state index in [0.717, 1.165) is 0 Å². The van der Waals surface area contributed by atoms with Crippen molar-refractivity contribution in [3.05, 3.63) is 0 Å². The maximum atomic E-state index is 13.5. The van der Waals surface area contributed by atoms with Gasteiger partial charge in [0.15, 0.2) is 0 Å². The Balaban J connectivity index is 4.80. The second-order valence-electron chi connectivity index (χ2n) is 3.71. The summed E-state index contributed by atoms with van der Waals surface area (Å²) in [4.78, 5) is 0. The largest absolute Gasteiger partial charge is 0.297 e. The third kappa shape index (κ3) is 2.30. The van der Waals surface area contributed by atoms with Crippen LogP contribution < -0.4 is 0 Å². The van der Waals surface area contributed by atoms with Crippen LogP contribution in [0.3, 0.4) is 0 Å². The van der Waals surface area contributed by atoms with E-state index < -0.39 is 22.9 Å². The SMILES string of the molecule is CCC(C)C(F)(Cl)C(F)(F)C(C)C. The predicted octanol–water partition coefficient (Wildman–Crippen LogP) is 4.23. The fraction of sp³-hybridized carbons (Fsp3) is 1.00. The van der Waals surface area contributed by atoms with Gasteiger partial charge in [-0.3, -0.25) is 0 Å². The molecule has 0 aliphatic rings. The van der Waals surface area contributed by atoms with Crippen molar-refractivity contribution >= 4 is 11.6 Å². The van der Waals surface area contributed by atoms with Crippen LogP contribution in [0.2, 0.25) is 0 Å². The lowest BCUT2D eigenvalue weighted by molar-refractivity contribution is -0.147. The number of hydrogen-bond acceptors (Lipinski definition) is 0. The van der Waals surface area contributed by atoms with Crippen molar-refractivity contribution in [2.75, 3.05) is 0 Å². The molecule has 0 aromatic heterocycles. The molecule has 0 saturated carbocycles. The summed E-state index contributed by atoms with van der Waals surface area (Å²) in [5, 5.41) is -2.93. The average molecular weight is 217 g/mol. The Morgan fingerprint density at radius 2 is 1.54 bits per heavy atom. The highest BCUT2D eigenvalue weighted by Crippen LogP contribution is 2.47. The summed E-state index contributed by atoms with van der Waals surface area (Å²) in [5.41, 5.74) is 0. The summed E-state index contributed by atoms with van der Waals surface area (Å²) in [7, 11) is 0. The molecule has 0 aliphatic carbocycles. The third-order valence-corrected chi connectivity index (χ3v) is 3.03. The minimum absolute atomic E-state index is 0.294. The summed E-state index contributed by atoms with van der Waals surface area (Å²) in [6, 6.07) is 0. The first kappa shape index (κ1) is 13.1. The van der Waals surface area contributed by atoms with E-state index in [4.69, 9.17) is 11.6 Å². The smallest absolute Gasteiger partial charge is 0.219 e. The minimum Gasteiger partial charge on any atom is -0.219 e. The molecule has 0 spiro atoms. The molecule has 80 valence electrons. The van der Waals surface area contributed by atoms with Crippen molar-refractivity contribution < 1.29 is 13.2 Å². The summed E-state index contributed by atoms with van der Waals surface area (Å²) < 4.78 is 40.0. The standard InChI is InChI=1S/C9H16ClF3/c1-5-7(4)8(10,11)9(12,13)6(2)3/h6-7H,5H2,1-4H3. The van der Waals surface area contributed by atoms with Gasteiger partial charge in [-0.25, -0.2) is 13.2 Å². The monoisotopic (exact) mass is 216 g/mol. The molecule has 0 heterocycles. The average Bonchev–Trinajstić information content (AvgIpc) is 2.02. The molecule has 0 amide bonds. The molecule has 2 atom stereocenters. The molecule has 0 radical (unpaired) electrons. The van der Waals surface area contributed by atoms with Crippen molar-refractivity contribution in [3.8, 4) is 0 Å². The van der Waals surface area contributed by atoms with Crippen molar-refractivity contribution in [1.29, 1.82) is 0 Å². The maximum Gasteiger partial charge on any atom is 0.297 e. The first-order chi connectivity index (χ1) is 5.67. The first-order valence-electron chi connectivity index (χ1n) is 4.43. The van der Waals surface area contributed by atoms with Crippen molar-refractivity contribution in [2.45, 2.75) is 45.2 Å². The van der Waals surface area contributed by atoms with E-state index in [2.05, 4.69) is 0 Å². The summed E-state index contributed by atoms with van der Waals surface area (Å²) in [6.07, 6.45) is 0.294. The van der Waals surface area contributed by atoms with Gasteiger partial charge in [0.1, 0.15) is 0 Å². The number of rotatable bonds is 4. The molecular weight excluding hydrogens is 201 g/mol. The Bertz CT molecular complexity index is 166. The highest BCUT2D eigenvalue weighted by molar-refractivity contribution is 6.23. The Morgan fingerprint density at radius 3 is 1.77 bits per heavy atom. The van der Waals surface area contributed by atoms with Gasteiger partial charge in [-0.05, 0) is 6.42 Å². The van der Waals surface area contributed by atoms with Crippen molar-refractivity contribution in [2.24, 2.45) is 11.8 Å². The highest BCUT2D eigenvalue weighted by Gasteiger charge is 2.58. The van der Waals surface area contributed by atoms with Gasteiger partial charge in [0.05, 0.1) is 0 Å².